The molecule has 0 N–H and O–H groups in total. The van der Waals surface area contributed by atoms with Crippen molar-refractivity contribution in [2.45, 2.75) is 78.6 Å². The number of hydrogen-bond acceptors (Lipinski definition) is 0. The van der Waals surface area contributed by atoms with Crippen molar-refractivity contribution in [1.29, 1.82) is 0 Å². The molecule has 12 aromatic rings. The van der Waals surface area contributed by atoms with Crippen LogP contribution in [0.5, 0.6) is 0 Å². The summed E-state index contributed by atoms with van der Waals surface area (Å²) in [4.78, 5) is 0. The van der Waals surface area contributed by atoms with Crippen molar-refractivity contribution in [3.8, 4) is 66.8 Å². The van der Waals surface area contributed by atoms with Crippen molar-refractivity contribution in [1.82, 2.24) is 0 Å². The lowest BCUT2D eigenvalue weighted by atomic mass is 9.81. The summed E-state index contributed by atoms with van der Waals surface area (Å²) in [5.41, 5.74) is 15.4. The normalized spacial score (nSPS) is 12.7. The Morgan fingerprint density at radius 1 is 0.197 bits per heavy atom. The van der Waals surface area contributed by atoms with Gasteiger partial charge in [0.2, 0.25) is 0 Å². The molecule has 4 heteroatoms. The monoisotopic (exact) mass is 1050 g/mol. The smallest absolute Gasteiger partial charge is 0.0656 e. The molecule has 0 spiro atoms. The molecule has 76 heavy (non-hydrogen) atoms. The molecule has 0 aliphatic carbocycles. The molecule has 0 amide bonds. The fraction of sp³-hybridized carbons (Fsp3) is 0.167. The van der Waals surface area contributed by atoms with E-state index in [1.807, 2.05) is 0 Å². The molecule has 12 rings (SSSR count). The maximum atomic E-state index is 2.58. The van der Waals surface area contributed by atoms with E-state index >= 15 is 0 Å². The lowest BCUT2D eigenvalue weighted by Crippen LogP contribution is -2.45. The molecule has 374 valence electrons. The van der Waals surface area contributed by atoms with E-state index in [1.165, 1.54) is 141 Å². The Hall–Kier alpha value is -6.93. The molecule has 0 fully saturated rings. The van der Waals surface area contributed by atoms with Gasteiger partial charge in [0.15, 0.2) is 0 Å². The van der Waals surface area contributed by atoms with Gasteiger partial charge in [0.25, 0.3) is 0 Å². The van der Waals surface area contributed by atoms with Crippen LogP contribution in [0.15, 0.2) is 206 Å². The Morgan fingerprint density at radius 2 is 0.461 bits per heavy atom. The minimum atomic E-state index is -1.71. The topological polar surface area (TPSA) is 0 Å². The second-order valence-electron chi connectivity index (χ2n) is 25.8. The van der Waals surface area contributed by atoms with Gasteiger partial charge < -0.3 is 0 Å². The van der Waals surface area contributed by atoms with Gasteiger partial charge in [-0.3, -0.25) is 0 Å². The van der Waals surface area contributed by atoms with E-state index in [-0.39, 0.29) is 0 Å². The molecular weight excluding hydrogens is 977 g/mol. The highest BCUT2D eigenvalue weighted by Crippen LogP contribution is 2.49. The largest absolute Gasteiger partial charge is 0.0776 e. The summed E-state index contributed by atoms with van der Waals surface area (Å²) >= 11 is 0. The van der Waals surface area contributed by atoms with E-state index in [4.69, 9.17) is 0 Å². The minimum Gasteiger partial charge on any atom is -0.0656 e. The third-order valence-corrected chi connectivity index (χ3v) is 24.5. The first-order valence-electron chi connectivity index (χ1n) is 27.5. The predicted molar refractivity (Wildman–Crippen MR) is 350 cm³/mol. The number of benzene rings is 12. The lowest BCUT2D eigenvalue weighted by Gasteiger charge is -2.26. The molecule has 0 aliphatic rings. The van der Waals surface area contributed by atoms with Crippen molar-refractivity contribution < 1.29 is 0 Å². The van der Waals surface area contributed by atoms with Crippen LogP contribution >= 0.6 is 0 Å². The molecule has 0 atom stereocenters. The summed E-state index contributed by atoms with van der Waals surface area (Å²) in [5.74, 6) is 0. The second-order valence-corrected chi connectivity index (χ2v) is 46.1. The highest BCUT2D eigenvalue weighted by atomic mass is 28.3. The van der Waals surface area contributed by atoms with Crippen molar-refractivity contribution >= 4 is 107 Å². The fourth-order valence-electron chi connectivity index (χ4n) is 11.9. The van der Waals surface area contributed by atoms with Crippen LogP contribution in [-0.4, -0.2) is 32.3 Å². The summed E-state index contributed by atoms with van der Waals surface area (Å²) in [6.45, 7) is 30.1. The van der Waals surface area contributed by atoms with Gasteiger partial charge in [-0.05, 0) is 133 Å². The lowest BCUT2D eigenvalue weighted by molar-refractivity contribution is 1.61. The van der Waals surface area contributed by atoms with Crippen LogP contribution in [-0.2, 0) is 0 Å². The van der Waals surface area contributed by atoms with Crippen LogP contribution in [0.3, 0.4) is 0 Å². The summed E-state index contributed by atoms with van der Waals surface area (Å²) < 4.78 is 0. The zero-order valence-corrected chi connectivity index (χ0v) is 50.6. The molecule has 0 saturated carbocycles. The highest BCUT2D eigenvalue weighted by molar-refractivity contribution is 6.92. The minimum absolute atomic E-state index is 1.24. The van der Waals surface area contributed by atoms with Gasteiger partial charge >= 0.3 is 0 Å². The van der Waals surface area contributed by atoms with E-state index in [2.05, 4.69) is 285 Å². The molecule has 0 aromatic heterocycles. The van der Waals surface area contributed by atoms with Crippen molar-refractivity contribution in [3.63, 3.8) is 0 Å². The molecule has 0 bridgehead atoms. The van der Waals surface area contributed by atoms with Gasteiger partial charge in [0.05, 0.1) is 32.3 Å². The van der Waals surface area contributed by atoms with Crippen molar-refractivity contribution in [2.75, 3.05) is 0 Å². The summed E-state index contributed by atoms with van der Waals surface area (Å²) in [7, 11) is -6.85. The van der Waals surface area contributed by atoms with E-state index in [9.17, 15) is 0 Å². The summed E-state index contributed by atoms with van der Waals surface area (Å²) in [6, 6.07) is 80.3. The molecule has 0 heterocycles. The molecular formula is C72H70Si4. The third kappa shape index (κ3) is 8.93. The van der Waals surface area contributed by atoms with Gasteiger partial charge in [0.1, 0.15) is 0 Å². The van der Waals surface area contributed by atoms with Gasteiger partial charge in [0, 0.05) is 0 Å². The predicted octanol–water partition coefficient (Wildman–Crippen LogP) is 19.1. The zero-order chi connectivity index (χ0) is 53.1. The molecule has 0 unspecified atom stereocenters. The highest BCUT2D eigenvalue weighted by Gasteiger charge is 2.28. The Balaban J connectivity index is 1.18. The Morgan fingerprint density at radius 3 is 0.763 bits per heavy atom. The quantitative estimate of drug-likeness (QED) is 0.0946. The van der Waals surface area contributed by atoms with E-state index in [0.29, 0.717) is 0 Å². The fourth-order valence-corrected chi connectivity index (χ4v) is 16.9. The average Bonchev–Trinajstić information content (AvgIpc) is 3.60. The average molecular weight is 1050 g/mol. The summed E-state index contributed by atoms with van der Waals surface area (Å²) in [6.07, 6.45) is 0. The third-order valence-electron chi connectivity index (χ3n) is 16.4. The van der Waals surface area contributed by atoms with Gasteiger partial charge in [-0.2, -0.15) is 0 Å². The van der Waals surface area contributed by atoms with Crippen LogP contribution in [0.4, 0.5) is 0 Å². The first-order valence-corrected chi connectivity index (χ1v) is 41.5. The Bertz CT molecular complexity index is 3880. The first-order chi connectivity index (χ1) is 36.2. The van der Waals surface area contributed by atoms with Crippen LogP contribution in [0.25, 0.3) is 121 Å². The van der Waals surface area contributed by atoms with E-state index < -0.39 is 32.3 Å². The summed E-state index contributed by atoms with van der Waals surface area (Å²) in [5, 5.41) is 19.2. The van der Waals surface area contributed by atoms with Crippen LogP contribution in [0, 0.1) is 0 Å². The molecule has 0 aliphatic heterocycles. The second kappa shape index (κ2) is 18.4. The maximum Gasteiger partial charge on any atom is 0.0776 e. The number of rotatable bonds is 10. The SMILES string of the molecule is C[Si](C)(C)c1cc(-c2cc(-c3ccc(-c4cccc5ccccc45)cc3)c3ccc4c(-c5cc([Si](C)(C)C)cc([Si](C)(C)C)c5)cc(-c5ccc(-c6cccc7ccccc67)cc5)c5ccc2c3c54)cc([Si](C)(C)C)c1. The molecule has 12 aromatic carbocycles. The molecule has 0 nitrogen and oxygen atoms in total. The maximum absolute atomic E-state index is 2.58. The number of fused-ring (bicyclic) bond motifs is 2. The van der Waals surface area contributed by atoms with Gasteiger partial charge in [-0.1, -0.05) is 293 Å². The molecule has 0 saturated heterocycles. The Labute approximate surface area is 455 Å². The zero-order valence-electron chi connectivity index (χ0n) is 46.6. The van der Waals surface area contributed by atoms with Gasteiger partial charge in [-0.15, -0.1) is 0 Å². The number of hydrogen-bond donors (Lipinski definition) is 0. The van der Waals surface area contributed by atoms with E-state index in [0.717, 1.165) is 0 Å². The first kappa shape index (κ1) is 49.9. The van der Waals surface area contributed by atoms with Crippen LogP contribution in [0.1, 0.15) is 0 Å². The Kier molecular flexibility index (Phi) is 12.1. The standard InChI is InChI=1S/C72H70Si4/c1-73(2,3)55-39-53(40-56(43-55)74(4,5)6)69-45-67(51-31-27-49(28-32-51)61-25-17-21-47-19-13-15-23-59(47)61)63-36-38-66-70(54-41-57(75(7,8)9)44-58(42-54)76(10,11)12)46-68(64-35-37-65(69)71(63)72(64)66)52-33-29-50(30-34-52)62-26-18-22-48-20-14-16-24-60(48)62/h13-46H,1-12H3. The van der Waals surface area contributed by atoms with Crippen molar-refractivity contribution in [3.05, 3.63) is 206 Å². The van der Waals surface area contributed by atoms with Crippen molar-refractivity contribution in [2.24, 2.45) is 0 Å². The van der Waals surface area contributed by atoms with Crippen LogP contribution < -0.4 is 20.7 Å². The van der Waals surface area contributed by atoms with Crippen LogP contribution in [0.2, 0.25) is 78.6 Å². The van der Waals surface area contributed by atoms with E-state index in [1.54, 1.807) is 0 Å². The molecule has 0 radical (unpaired) electrons. The van der Waals surface area contributed by atoms with Gasteiger partial charge in [-0.25, -0.2) is 0 Å².